The Labute approximate surface area is 245 Å². The van der Waals surface area contributed by atoms with Crippen LogP contribution in [0.25, 0.3) is 10.9 Å². The molecule has 0 saturated carbocycles. The number of amidine groups is 1. The highest BCUT2D eigenvalue weighted by molar-refractivity contribution is 5.93. The van der Waals surface area contributed by atoms with Crippen LogP contribution in [0.15, 0.2) is 84.0 Å². The van der Waals surface area contributed by atoms with Crippen LogP contribution < -0.4 is 30.2 Å². The van der Waals surface area contributed by atoms with E-state index in [2.05, 4.69) is 53.5 Å². The Morgan fingerprint density at radius 2 is 1.74 bits per heavy atom. The Hall–Kier alpha value is -5.23. The number of hydrogen-bond acceptors (Lipinski definition) is 7. The third-order valence-electron chi connectivity index (χ3n) is 6.57. The van der Waals surface area contributed by atoms with E-state index in [0.29, 0.717) is 40.7 Å². The maximum absolute atomic E-state index is 13.2. The molecule has 0 spiro atoms. The summed E-state index contributed by atoms with van der Waals surface area (Å²) in [6, 6.07) is 21.7. The van der Waals surface area contributed by atoms with Gasteiger partial charge in [-0.2, -0.15) is 0 Å². The highest BCUT2D eigenvalue weighted by Gasteiger charge is 2.38. The van der Waals surface area contributed by atoms with Gasteiger partial charge in [-0.1, -0.05) is 44.9 Å². The van der Waals surface area contributed by atoms with Gasteiger partial charge in [0.05, 0.1) is 26.3 Å². The third kappa shape index (κ3) is 6.23. The van der Waals surface area contributed by atoms with Crippen LogP contribution in [0.3, 0.4) is 0 Å². The second kappa shape index (κ2) is 11.7. The van der Waals surface area contributed by atoms with Crippen molar-refractivity contribution in [1.82, 2.24) is 15.6 Å². The minimum absolute atomic E-state index is 0.225. The van der Waals surface area contributed by atoms with Crippen LogP contribution in [0.1, 0.15) is 26.3 Å². The Morgan fingerprint density at radius 3 is 2.40 bits per heavy atom. The summed E-state index contributed by atoms with van der Waals surface area (Å²) in [5.41, 5.74) is 0.773. The van der Waals surface area contributed by atoms with Gasteiger partial charge in [0.25, 0.3) is 0 Å². The number of carbonyl (C=O) groups is 1. The fourth-order valence-electron chi connectivity index (χ4n) is 4.46. The molecule has 1 unspecified atom stereocenters. The largest absolute Gasteiger partial charge is 0.493 e. The second-order valence-electron chi connectivity index (χ2n) is 10.8. The maximum atomic E-state index is 13.2. The Kier molecular flexibility index (Phi) is 7.89. The Bertz CT molecular complexity index is 1690. The quantitative estimate of drug-likeness (QED) is 0.250. The zero-order chi connectivity index (χ0) is 29.7. The molecule has 42 heavy (non-hydrogen) atoms. The van der Waals surface area contributed by atoms with E-state index in [9.17, 15) is 4.79 Å². The summed E-state index contributed by atoms with van der Waals surface area (Å²) in [4.78, 5) is 22.4. The number of methoxy groups -OCH3 is 2. The molecule has 9 heteroatoms. The molecule has 0 radical (unpaired) electrons. The van der Waals surface area contributed by atoms with Gasteiger partial charge in [-0.05, 0) is 54.5 Å². The number of hydrogen-bond donors (Lipinski definition) is 3. The van der Waals surface area contributed by atoms with E-state index in [4.69, 9.17) is 19.2 Å². The molecule has 1 aromatic heterocycles. The summed E-state index contributed by atoms with van der Waals surface area (Å²) in [5, 5.41) is 9.95. The maximum Gasteiger partial charge on any atom is 0.321 e. The molecule has 4 aromatic rings. The third-order valence-corrected chi connectivity index (χ3v) is 6.57. The fraction of sp³-hybridized carbons (Fsp3) is 0.242. The van der Waals surface area contributed by atoms with E-state index < -0.39 is 11.7 Å². The van der Waals surface area contributed by atoms with Crippen LogP contribution >= 0.6 is 0 Å². The molecule has 1 aliphatic heterocycles. The first-order valence-corrected chi connectivity index (χ1v) is 13.5. The normalized spacial score (nSPS) is 16.0. The molecule has 2 amide bonds. The number of aromatic nitrogens is 1. The van der Waals surface area contributed by atoms with Crippen molar-refractivity contribution < 1.29 is 19.0 Å². The first-order chi connectivity index (χ1) is 20.2. The topological polar surface area (TPSA) is 106 Å². The summed E-state index contributed by atoms with van der Waals surface area (Å²) < 4.78 is 17.3. The molecule has 0 saturated heterocycles. The standard InChI is InChI=1S/C33H33N5O4/c1-32(2,3)30-35-21-33(37-30,18-17-22-10-7-6-8-11-22)38-31(39)36-23-13-15-24(16-14-23)42-28-25-12-9-19-34-26(25)20-27(40-4)29(28)41-5/h6-16,19-20H,21H2,1-5H3,(H,35,37)(H2,36,38,39). The van der Waals surface area contributed by atoms with E-state index in [-0.39, 0.29) is 5.41 Å². The lowest BCUT2D eigenvalue weighted by atomic mass is 9.95. The number of fused-ring (bicyclic) bond motifs is 1. The van der Waals surface area contributed by atoms with Crippen molar-refractivity contribution in [3.8, 4) is 34.8 Å². The van der Waals surface area contributed by atoms with E-state index in [1.54, 1.807) is 50.7 Å². The highest BCUT2D eigenvalue weighted by atomic mass is 16.5. The molecule has 0 fully saturated rings. The van der Waals surface area contributed by atoms with Gasteiger partial charge in [0, 0.05) is 34.3 Å². The molecule has 3 aromatic carbocycles. The molecule has 1 atom stereocenters. The van der Waals surface area contributed by atoms with Crippen LogP contribution in [0.4, 0.5) is 10.5 Å². The molecule has 0 aliphatic carbocycles. The summed E-state index contributed by atoms with van der Waals surface area (Å²) >= 11 is 0. The zero-order valence-corrected chi connectivity index (χ0v) is 24.2. The summed E-state index contributed by atoms with van der Waals surface area (Å²) in [6.45, 7) is 6.53. The van der Waals surface area contributed by atoms with E-state index in [1.807, 2.05) is 42.5 Å². The lowest BCUT2D eigenvalue weighted by molar-refractivity contribution is 0.245. The predicted molar refractivity (Wildman–Crippen MR) is 164 cm³/mol. The van der Waals surface area contributed by atoms with Crippen molar-refractivity contribution in [2.24, 2.45) is 10.4 Å². The van der Waals surface area contributed by atoms with Crippen LogP contribution in [0, 0.1) is 17.3 Å². The number of nitrogens with zero attached hydrogens (tertiary/aromatic N) is 2. The molecule has 5 rings (SSSR count). The minimum Gasteiger partial charge on any atom is -0.493 e. The van der Waals surface area contributed by atoms with Gasteiger partial charge in [0.15, 0.2) is 11.5 Å². The predicted octanol–water partition coefficient (Wildman–Crippen LogP) is 5.96. The van der Waals surface area contributed by atoms with Gasteiger partial charge in [-0.25, -0.2) is 9.79 Å². The van der Waals surface area contributed by atoms with Gasteiger partial charge >= 0.3 is 6.03 Å². The Morgan fingerprint density at radius 1 is 0.976 bits per heavy atom. The number of nitrogens with one attached hydrogen (secondary N) is 3. The van der Waals surface area contributed by atoms with Crippen molar-refractivity contribution in [3.63, 3.8) is 0 Å². The first-order valence-electron chi connectivity index (χ1n) is 13.5. The van der Waals surface area contributed by atoms with Crippen LogP contribution in [-0.2, 0) is 0 Å². The number of amides is 2. The van der Waals surface area contributed by atoms with E-state index in [1.165, 1.54) is 0 Å². The van der Waals surface area contributed by atoms with Crippen molar-refractivity contribution in [1.29, 1.82) is 0 Å². The van der Waals surface area contributed by atoms with Crippen LogP contribution in [-0.4, -0.2) is 43.3 Å². The second-order valence-corrected chi connectivity index (χ2v) is 10.8. The number of rotatable bonds is 6. The molecule has 0 bridgehead atoms. The lowest BCUT2D eigenvalue weighted by Gasteiger charge is -2.21. The number of ether oxygens (including phenoxy) is 3. The van der Waals surface area contributed by atoms with Gasteiger partial charge in [-0.3, -0.25) is 4.98 Å². The van der Waals surface area contributed by atoms with Gasteiger partial charge < -0.3 is 30.2 Å². The van der Waals surface area contributed by atoms with Crippen molar-refractivity contribution in [3.05, 3.63) is 84.6 Å². The average Bonchev–Trinajstić information content (AvgIpc) is 3.42. The fourth-order valence-corrected chi connectivity index (χ4v) is 4.46. The molecule has 214 valence electrons. The van der Waals surface area contributed by atoms with Crippen LogP contribution in [0.2, 0.25) is 0 Å². The molecular weight excluding hydrogens is 530 g/mol. The minimum atomic E-state index is -1.12. The number of pyridine rings is 1. The number of carbonyl (C=O) groups excluding carboxylic acids is 1. The number of anilines is 1. The van der Waals surface area contributed by atoms with Gasteiger partial charge in [0.1, 0.15) is 11.6 Å². The van der Waals surface area contributed by atoms with E-state index in [0.717, 1.165) is 16.8 Å². The summed E-state index contributed by atoms with van der Waals surface area (Å²) in [7, 11) is 3.13. The monoisotopic (exact) mass is 563 g/mol. The number of aliphatic imine (C=N–C) groups is 1. The van der Waals surface area contributed by atoms with Crippen LogP contribution in [0.5, 0.6) is 23.0 Å². The van der Waals surface area contributed by atoms with Crippen molar-refractivity contribution >= 4 is 28.5 Å². The lowest BCUT2D eigenvalue weighted by Crippen LogP contribution is -2.50. The summed E-state index contributed by atoms with van der Waals surface area (Å²) in [5.74, 6) is 9.11. The molecule has 2 heterocycles. The van der Waals surface area contributed by atoms with E-state index >= 15 is 0 Å². The molecule has 9 nitrogen and oxygen atoms in total. The number of benzene rings is 3. The summed E-state index contributed by atoms with van der Waals surface area (Å²) in [6.07, 6.45) is 1.71. The molecular formula is C33H33N5O4. The average molecular weight is 564 g/mol. The molecule has 1 aliphatic rings. The van der Waals surface area contributed by atoms with Crippen molar-refractivity contribution in [2.45, 2.75) is 26.4 Å². The van der Waals surface area contributed by atoms with Gasteiger partial charge in [-0.15, -0.1) is 0 Å². The smallest absolute Gasteiger partial charge is 0.321 e. The van der Waals surface area contributed by atoms with Gasteiger partial charge in [0.2, 0.25) is 11.4 Å². The number of urea groups is 1. The first kappa shape index (κ1) is 28.3. The molecule has 3 N–H and O–H groups in total. The zero-order valence-electron chi connectivity index (χ0n) is 24.2. The SMILES string of the molecule is COc1cc2ncccc2c(Oc2ccc(NC(=O)NC3(C#Cc4ccccc4)CNC(C(C)(C)C)=N3)cc2)c1OC. The highest BCUT2D eigenvalue weighted by Crippen LogP contribution is 2.44. The van der Waals surface area contributed by atoms with Crippen molar-refractivity contribution in [2.75, 3.05) is 26.1 Å². The Balaban J connectivity index is 1.34.